The number of halogens is 2. The Balaban J connectivity index is 0.00000400. The van der Waals surface area contributed by atoms with Gasteiger partial charge in [-0.25, -0.2) is 0 Å². The molecule has 0 aromatic heterocycles. The highest BCUT2D eigenvalue weighted by Crippen LogP contribution is 2.13. The topological polar surface area (TPSA) is 79.9 Å². The van der Waals surface area contributed by atoms with Crippen LogP contribution in [0.15, 0.2) is 29.3 Å². The molecule has 0 saturated heterocycles. The first-order chi connectivity index (χ1) is 9.26. The van der Waals surface area contributed by atoms with Crippen LogP contribution >= 0.6 is 46.6 Å². The maximum atomic E-state index is 9.80. The molecule has 0 aliphatic heterocycles. The number of aliphatic hydroxyl groups excluding tert-OH is 1. The number of ether oxygens (including phenoxy) is 1. The summed E-state index contributed by atoms with van der Waals surface area (Å²) in [6.45, 7) is 6.37. The van der Waals surface area contributed by atoms with Gasteiger partial charge in [-0.2, -0.15) is 0 Å². The fourth-order valence-electron chi connectivity index (χ4n) is 1.40. The fraction of sp³-hybridized carbons (Fsp3) is 0.500. The predicted octanol–water partition coefficient (Wildman–Crippen LogP) is 2.35. The summed E-state index contributed by atoms with van der Waals surface area (Å²) in [4.78, 5) is 4.09. The molecule has 0 amide bonds. The summed E-state index contributed by atoms with van der Waals surface area (Å²) in [7, 11) is 0. The summed E-state index contributed by atoms with van der Waals surface area (Å²) < 4.78 is 6.61. The van der Waals surface area contributed by atoms with Crippen molar-refractivity contribution in [2.75, 3.05) is 13.2 Å². The second kappa shape index (κ2) is 9.67. The number of nitrogens with zero attached hydrogens (tertiary/aromatic N) is 1. The van der Waals surface area contributed by atoms with E-state index in [2.05, 4.69) is 32.9 Å². The van der Waals surface area contributed by atoms with Crippen molar-refractivity contribution in [3.8, 4) is 5.75 Å². The summed E-state index contributed by atoms with van der Waals surface area (Å²) in [5.74, 6) is 1.06. The van der Waals surface area contributed by atoms with Gasteiger partial charge in [0.05, 0.1) is 6.54 Å². The van der Waals surface area contributed by atoms with Gasteiger partial charge in [-0.05, 0) is 67.6 Å². The molecule has 0 aliphatic carbocycles. The Bertz CT molecular complexity index is 445. The molecule has 0 bridgehead atoms. The van der Waals surface area contributed by atoms with Gasteiger partial charge in [0.15, 0.2) is 5.96 Å². The van der Waals surface area contributed by atoms with Crippen molar-refractivity contribution in [3.63, 3.8) is 0 Å². The molecule has 0 fully saturated rings. The Morgan fingerprint density at radius 2 is 1.95 bits per heavy atom. The number of guanidine groups is 1. The molecule has 1 aromatic carbocycles. The maximum Gasteiger partial charge on any atom is 0.189 e. The Labute approximate surface area is 156 Å². The lowest BCUT2D eigenvalue weighted by Crippen LogP contribution is -2.45. The molecule has 0 heterocycles. The van der Waals surface area contributed by atoms with Crippen LogP contribution in [0.2, 0.25) is 0 Å². The minimum absolute atomic E-state index is 0. The Kier molecular flexibility index (Phi) is 9.54. The highest BCUT2D eigenvalue weighted by molar-refractivity contribution is 14.1. The van der Waals surface area contributed by atoms with Crippen molar-refractivity contribution < 1.29 is 9.84 Å². The van der Waals surface area contributed by atoms with Gasteiger partial charge in [-0.3, -0.25) is 4.99 Å². The lowest BCUT2D eigenvalue weighted by Gasteiger charge is -2.21. The van der Waals surface area contributed by atoms with Gasteiger partial charge in [0.25, 0.3) is 0 Å². The van der Waals surface area contributed by atoms with Crippen LogP contribution in [0.3, 0.4) is 0 Å². The molecule has 0 saturated carbocycles. The number of benzene rings is 1. The van der Waals surface area contributed by atoms with Crippen molar-refractivity contribution in [2.45, 2.75) is 32.4 Å². The molecule has 0 radical (unpaired) electrons. The van der Waals surface area contributed by atoms with Crippen LogP contribution in [0.1, 0.15) is 20.8 Å². The molecule has 0 spiro atoms. The normalized spacial score (nSPS) is 13.3. The molecule has 1 aromatic rings. The van der Waals surface area contributed by atoms with E-state index in [0.29, 0.717) is 5.96 Å². The van der Waals surface area contributed by atoms with Gasteiger partial charge in [0, 0.05) is 9.11 Å². The van der Waals surface area contributed by atoms with Crippen LogP contribution < -0.4 is 15.8 Å². The highest BCUT2D eigenvalue weighted by atomic mass is 127. The third-order valence-corrected chi connectivity index (χ3v) is 2.95. The number of rotatable bonds is 5. The minimum atomic E-state index is -0.686. The zero-order chi connectivity index (χ0) is 15.2. The SMILES string of the molecule is CC(C)(C)NC(N)=NCC(O)COc1ccc(I)cc1.I. The number of hydrogen-bond donors (Lipinski definition) is 3. The van der Waals surface area contributed by atoms with Crippen molar-refractivity contribution in [2.24, 2.45) is 10.7 Å². The van der Waals surface area contributed by atoms with Crippen LogP contribution in [-0.4, -0.2) is 35.9 Å². The summed E-state index contributed by atoms with van der Waals surface area (Å²) in [6.07, 6.45) is -0.686. The third kappa shape index (κ3) is 10.1. The standard InChI is InChI=1S/C14H22IN3O2.HI/c1-14(2,3)18-13(16)17-8-11(19)9-20-12-6-4-10(15)5-7-12;/h4-7,11,19H,8-9H2,1-3H3,(H3,16,17,18);1H. The third-order valence-electron chi connectivity index (χ3n) is 2.23. The second-order valence-corrected chi connectivity index (χ2v) is 6.77. The van der Waals surface area contributed by atoms with Gasteiger partial charge in [0.2, 0.25) is 0 Å². The summed E-state index contributed by atoms with van der Waals surface area (Å²) in [6, 6.07) is 7.64. The molecule has 4 N–H and O–H groups in total. The minimum Gasteiger partial charge on any atom is -0.491 e. The largest absolute Gasteiger partial charge is 0.491 e. The van der Waals surface area contributed by atoms with Crippen LogP contribution in [0, 0.1) is 3.57 Å². The van der Waals surface area contributed by atoms with Gasteiger partial charge < -0.3 is 20.9 Å². The van der Waals surface area contributed by atoms with E-state index in [1.807, 2.05) is 45.0 Å². The van der Waals surface area contributed by atoms with E-state index < -0.39 is 6.10 Å². The van der Waals surface area contributed by atoms with Gasteiger partial charge in [-0.15, -0.1) is 24.0 Å². The number of nitrogens with one attached hydrogen (secondary N) is 1. The van der Waals surface area contributed by atoms with Crippen LogP contribution in [0.25, 0.3) is 0 Å². The number of nitrogens with two attached hydrogens (primary N) is 1. The summed E-state index contributed by atoms with van der Waals surface area (Å²) >= 11 is 2.23. The average Bonchev–Trinajstić information content (AvgIpc) is 2.33. The number of aliphatic imine (C=N–C) groups is 1. The van der Waals surface area contributed by atoms with E-state index in [4.69, 9.17) is 10.5 Å². The number of aliphatic hydroxyl groups is 1. The zero-order valence-electron chi connectivity index (χ0n) is 12.5. The first-order valence-corrected chi connectivity index (χ1v) is 7.49. The van der Waals surface area contributed by atoms with Gasteiger partial charge in [-0.1, -0.05) is 0 Å². The Morgan fingerprint density at radius 1 is 1.38 bits per heavy atom. The van der Waals surface area contributed by atoms with E-state index >= 15 is 0 Å². The molecule has 1 unspecified atom stereocenters. The molecule has 120 valence electrons. The van der Waals surface area contributed by atoms with E-state index in [9.17, 15) is 5.11 Å². The van der Waals surface area contributed by atoms with Crippen molar-refractivity contribution in [1.29, 1.82) is 0 Å². The van der Waals surface area contributed by atoms with E-state index in [1.165, 1.54) is 0 Å². The van der Waals surface area contributed by atoms with Gasteiger partial charge >= 0.3 is 0 Å². The van der Waals surface area contributed by atoms with Crippen molar-refractivity contribution >= 4 is 52.5 Å². The predicted molar refractivity (Wildman–Crippen MR) is 105 cm³/mol. The molecule has 5 nitrogen and oxygen atoms in total. The molecular weight excluding hydrogens is 496 g/mol. The maximum absolute atomic E-state index is 9.80. The van der Waals surface area contributed by atoms with Gasteiger partial charge in [0.1, 0.15) is 18.5 Å². The first-order valence-electron chi connectivity index (χ1n) is 6.41. The lowest BCUT2D eigenvalue weighted by molar-refractivity contribution is 0.114. The Morgan fingerprint density at radius 3 is 2.48 bits per heavy atom. The smallest absolute Gasteiger partial charge is 0.189 e. The summed E-state index contributed by atoms with van der Waals surface area (Å²) in [5, 5.41) is 12.8. The van der Waals surface area contributed by atoms with E-state index in [1.54, 1.807) is 0 Å². The first kappa shape index (κ1) is 20.7. The van der Waals surface area contributed by atoms with Crippen molar-refractivity contribution in [1.82, 2.24) is 5.32 Å². The highest BCUT2D eigenvalue weighted by Gasteiger charge is 2.10. The molecule has 0 aliphatic rings. The molecule has 1 rings (SSSR count). The number of hydrogen-bond acceptors (Lipinski definition) is 3. The second-order valence-electron chi connectivity index (χ2n) is 5.52. The van der Waals surface area contributed by atoms with Crippen LogP contribution in [0.5, 0.6) is 5.75 Å². The Hall–Kier alpha value is -0.290. The molecule has 21 heavy (non-hydrogen) atoms. The van der Waals surface area contributed by atoms with E-state index in [-0.39, 0.29) is 42.7 Å². The quantitative estimate of drug-likeness (QED) is 0.317. The van der Waals surface area contributed by atoms with Crippen molar-refractivity contribution in [3.05, 3.63) is 27.8 Å². The van der Waals surface area contributed by atoms with Crippen LogP contribution in [0.4, 0.5) is 0 Å². The zero-order valence-corrected chi connectivity index (χ0v) is 17.0. The average molecular weight is 519 g/mol. The summed E-state index contributed by atoms with van der Waals surface area (Å²) in [5.41, 5.74) is 5.58. The van der Waals surface area contributed by atoms with E-state index in [0.717, 1.165) is 9.32 Å². The fourth-order valence-corrected chi connectivity index (χ4v) is 1.76. The lowest BCUT2D eigenvalue weighted by atomic mass is 10.1. The molecule has 1 atom stereocenters. The molecular formula is C14H23I2N3O2. The van der Waals surface area contributed by atoms with Crippen LogP contribution in [-0.2, 0) is 0 Å². The molecule has 7 heteroatoms. The monoisotopic (exact) mass is 519 g/mol.